The SMILES string of the molecule is COc1ccccc1-c1cc(C(=O)N2CCC3(CC2)OCCO3)n2nc(-c3ccc(Cl)cc3)cc2n1. The highest BCUT2D eigenvalue weighted by atomic mass is 35.5. The Morgan fingerprint density at radius 2 is 1.72 bits per heavy atom. The second-order valence-electron chi connectivity index (χ2n) is 8.93. The molecule has 0 unspecified atom stereocenters. The maximum Gasteiger partial charge on any atom is 0.272 e. The van der Waals surface area contributed by atoms with Crippen LogP contribution in [-0.2, 0) is 9.47 Å². The molecule has 0 aliphatic carbocycles. The summed E-state index contributed by atoms with van der Waals surface area (Å²) in [6.07, 6.45) is 1.28. The fourth-order valence-corrected chi connectivity index (χ4v) is 5.01. The molecule has 184 valence electrons. The number of hydrogen-bond donors (Lipinski definition) is 0. The molecule has 2 aliphatic rings. The van der Waals surface area contributed by atoms with Gasteiger partial charge in [0.1, 0.15) is 11.4 Å². The topological polar surface area (TPSA) is 78.2 Å². The van der Waals surface area contributed by atoms with Crippen LogP contribution in [0, 0.1) is 0 Å². The Bertz CT molecular complexity index is 1420. The molecule has 0 N–H and O–H groups in total. The van der Waals surface area contributed by atoms with Crippen molar-refractivity contribution in [1.82, 2.24) is 19.5 Å². The van der Waals surface area contributed by atoms with Crippen molar-refractivity contribution < 1.29 is 19.0 Å². The van der Waals surface area contributed by atoms with E-state index in [1.807, 2.05) is 59.5 Å². The van der Waals surface area contributed by atoms with Crippen molar-refractivity contribution in [2.75, 3.05) is 33.4 Å². The summed E-state index contributed by atoms with van der Waals surface area (Å²) < 4.78 is 18.9. The van der Waals surface area contributed by atoms with Crippen molar-refractivity contribution in [2.24, 2.45) is 0 Å². The van der Waals surface area contributed by atoms with Crippen molar-refractivity contribution in [3.8, 4) is 28.3 Å². The van der Waals surface area contributed by atoms with Gasteiger partial charge in [-0.1, -0.05) is 35.9 Å². The van der Waals surface area contributed by atoms with Gasteiger partial charge in [0, 0.05) is 48.1 Å². The summed E-state index contributed by atoms with van der Waals surface area (Å²) >= 11 is 6.07. The molecule has 2 saturated heterocycles. The Labute approximate surface area is 213 Å². The number of methoxy groups -OCH3 is 1. The van der Waals surface area contributed by atoms with Crippen LogP contribution < -0.4 is 4.74 Å². The molecule has 0 radical (unpaired) electrons. The molecule has 1 amide bonds. The van der Waals surface area contributed by atoms with E-state index in [1.54, 1.807) is 17.7 Å². The fraction of sp³-hybridized carbons (Fsp3) is 0.296. The average molecular weight is 505 g/mol. The zero-order valence-electron chi connectivity index (χ0n) is 19.8. The highest BCUT2D eigenvalue weighted by Gasteiger charge is 2.41. The van der Waals surface area contributed by atoms with Crippen LogP contribution >= 0.6 is 11.6 Å². The highest BCUT2D eigenvalue weighted by molar-refractivity contribution is 6.30. The third-order valence-electron chi connectivity index (χ3n) is 6.80. The van der Waals surface area contributed by atoms with Crippen molar-refractivity contribution in [3.05, 3.63) is 71.4 Å². The first-order valence-corrected chi connectivity index (χ1v) is 12.3. The van der Waals surface area contributed by atoms with Gasteiger partial charge in [0.25, 0.3) is 5.91 Å². The number of piperidine rings is 1. The largest absolute Gasteiger partial charge is 0.496 e. The molecule has 2 fully saturated rings. The number of ether oxygens (including phenoxy) is 3. The molecular weight excluding hydrogens is 480 g/mol. The molecule has 1 spiro atoms. The number of aromatic nitrogens is 3. The predicted octanol–water partition coefficient (Wildman–Crippen LogP) is 4.70. The molecule has 4 heterocycles. The van der Waals surface area contributed by atoms with Crippen molar-refractivity contribution in [3.63, 3.8) is 0 Å². The number of amides is 1. The van der Waals surface area contributed by atoms with Crippen molar-refractivity contribution >= 4 is 23.2 Å². The Morgan fingerprint density at radius 1 is 1.00 bits per heavy atom. The van der Waals surface area contributed by atoms with Gasteiger partial charge < -0.3 is 19.1 Å². The summed E-state index contributed by atoms with van der Waals surface area (Å²) in [7, 11) is 1.62. The standard InChI is InChI=1S/C27H25ClN4O4/c1-34-24-5-3-2-4-20(24)22-16-23(26(33)31-12-10-27(11-13-31)35-14-15-36-27)32-25(29-22)17-21(30-32)18-6-8-19(28)9-7-18/h2-9,16-17H,10-15H2,1H3. The lowest BCUT2D eigenvalue weighted by molar-refractivity contribution is -0.181. The third-order valence-corrected chi connectivity index (χ3v) is 7.05. The molecule has 9 heteroatoms. The molecule has 2 aliphatic heterocycles. The molecule has 8 nitrogen and oxygen atoms in total. The number of hydrogen-bond acceptors (Lipinski definition) is 6. The van der Waals surface area contributed by atoms with E-state index in [9.17, 15) is 4.79 Å². The number of para-hydroxylation sites is 1. The van der Waals surface area contributed by atoms with Gasteiger partial charge in [-0.3, -0.25) is 4.79 Å². The van der Waals surface area contributed by atoms with Crippen molar-refractivity contribution in [2.45, 2.75) is 18.6 Å². The number of likely N-dealkylation sites (tertiary alicyclic amines) is 1. The molecule has 2 aromatic carbocycles. The minimum absolute atomic E-state index is 0.114. The zero-order chi connectivity index (χ0) is 24.7. The van der Waals surface area contributed by atoms with E-state index in [2.05, 4.69) is 0 Å². The minimum atomic E-state index is -0.555. The smallest absolute Gasteiger partial charge is 0.272 e. The van der Waals surface area contributed by atoms with Crippen LogP contribution in [-0.4, -0.2) is 64.6 Å². The molecule has 4 aromatic rings. The third kappa shape index (κ3) is 4.11. The van der Waals surface area contributed by atoms with Crippen LogP contribution in [0.2, 0.25) is 5.02 Å². The summed E-state index contributed by atoms with van der Waals surface area (Å²) in [5.41, 5.74) is 4.04. The summed E-state index contributed by atoms with van der Waals surface area (Å²) in [4.78, 5) is 20.5. The van der Waals surface area contributed by atoms with E-state index in [4.69, 9.17) is 35.9 Å². The van der Waals surface area contributed by atoms with Crippen molar-refractivity contribution in [1.29, 1.82) is 0 Å². The molecule has 0 bridgehead atoms. The van der Waals surface area contributed by atoms with Gasteiger partial charge in [0.15, 0.2) is 11.4 Å². The van der Waals surface area contributed by atoms with E-state index < -0.39 is 5.79 Å². The summed E-state index contributed by atoms with van der Waals surface area (Å²) in [6.45, 7) is 2.28. The molecule has 6 rings (SSSR count). The molecule has 36 heavy (non-hydrogen) atoms. The van der Waals surface area contributed by atoms with E-state index in [0.29, 0.717) is 72.6 Å². The molecule has 2 aromatic heterocycles. The number of rotatable bonds is 4. The van der Waals surface area contributed by atoms with Gasteiger partial charge in [-0.15, -0.1) is 0 Å². The number of carbonyl (C=O) groups is 1. The Balaban J connectivity index is 1.43. The number of carbonyl (C=O) groups excluding carboxylic acids is 1. The van der Waals surface area contributed by atoms with Crippen LogP contribution in [0.3, 0.4) is 0 Å². The highest BCUT2D eigenvalue weighted by Crippen LogP contribution is 2.33. The quantitative estimate of drug-likeness (QED) is 0.401. The first-order chi connectivity index (χ1) is 17.5. The van der Waals surface area contributed by atoms with E-state index in [1.165, 1.54) is 0 Å². The Morgan fingerprint density at radius 3 is 2.44 bits per heavy atom. The fourth-order valence-electron chi connectivity index (χ4n) is 4.88. The summed E-state index contributed by atoms with van der Waals surface area (Å²) in [5.74, 6) is 0.0122. The molecule has 0 atom stereocenters. The predicted molar refractivity (Wildman–Crippen MR) is 135 cm³/mol. The van der Waals surface area contributed by atoms with Crippen LogP contribution in [0.25, 0.3) is 28.2 Å². The second-order valence-corrected chi connectivity index (χ2v) is 9.37. The second kappa shape index (κ2) is 9.20. The van der Waals surface area contributed by atoms with Crippen LogP contribution in [0.5, 0.6) is 5.75 Å². The number of benzene rings is 2. The minimum Gasteiger partial charge on any atom is -0.496 e. The molecule has 0 saturated carbocycles. The lowest BCUT2D eigenvalue weighted by Crippen LogP contribution is -2.47. The summed E-state index contributed by atoms with van der Waals surface area (Å²) in [6, 6.07) is 18.7. The van der Waals surface area contributed by atoms with Gasteiger partial charge >= 0.3 is 0 Å². The number of halogens is 1. The number of nitrogens with zero attached hydrogens (tertiary/aromatic N) is 4. The monoisotopic (exact) mass is 504 g/mol. The van der Waals surface area contributed by atoms with E-state index in [-0.39, 0.29) is 5.91 Å². The summed E-state index contributed by atoms with van der Waals surface area (Å²) in [5, 5.41) is 5.41. The van der Waals surface area contributed by atoms with Crippen LogP contribution in [0.1, 0.15) is 23.3 Å². The Kier molecular flexibility index (Phi) is 5.87. The first kappa shape index (κ1) is 23.0. The maximum atomic E-state index is 13.9. The lowest BCUT2D eigenvalue weighted by atomic mass is 10.0. The van der Waals surface area contributed by atoms with Crippen LogP contribution in [0.15, 0.2) is 60.7 Å². The van der Waals surface area contributed by atoms with Gasteiger partial charge in [0.2, 0.25) is 0 Å². The first-order valence-electron chi connectivity index (χ1n) is 11.9. The lowest BCUT2D eigenvalue weighted by Gasteiger charge is -2.37. The zero-order valence-corrected chi connectivity index (χ0v) is 20.6. The van der Waals surface area contributed by atoms with Gasteiger partial charge in [-0.05, 0) is 30.3 Å². The van der Waals surface area contributed by atoms with Gasteiger partial charge in [-0.2, -0.15) is 5.10 Å². The average Bonchev–Trinajstić information content (AvgIpc) is 3.56. The molecular formula is C27H25ClN4O4. The normalized spacial score (nSPS) is 17.1. The number of fused-ring (bicyclic) bond motifs is 1. The Hall–Kier alpha value is -3.46. The van der Waals surface area contributed by atoms with Gasteiger partial charge in [0.05, 0.1) is 31.7 Å². The maximum absolute atomic E-state index is 13.9. The van der Waals surface area contributed by atoms with Gasteiger partial charge in [-0.25, -0.2) is 9.50 Å². The van der Waals surface area contributed by atoms with E-state index in [0.717, 1.165) is 11.1 Å². The van der Waals surface area contributed by atoms with Crippen LogP contribution in [0.4, 0.5) is 0 Å². The van der Waals surface area contributed by atoms with E-state index >= 15 is 0 Å².